The molecule has 0 aromatic heterocycles. The largest absolute Gasteiger partial charge is 0.396 e. The normalized spacial score (nSPS) is 22.5. The minimum absolute atomic E-state index is 0.268. The van der Waals surface area contributed by atoms with Crippen molar-refractivity contribution in [3.63, 3.8) is 0 Å². The van der Waals surface area contributed by atoms with Crippen LogP contribution in [-0.2, 0) is 4.74 Å². The molecular formula is C11H23NO2. The van der Waals surface area contributed by atoms with E-state index in [9.17, 15) is 5.11 Å². The third-order valence-corrected chi connectivity index (χ3v) is 3.36. The summed E-state index contributed by atoms with van der Waals surface area (Å²) in [5.74, 6) is 1.00. The lowest BCUT2D eigenvalue weighted by Crippen LogP contribution is -2.37. The van der Waals surface area contributed by atoms with Gasteiger partial charge in [0.2, 0.25) is 0 Å². The molecule has 1 unspecified atom stereocenters. The van der Waals surface area contributed by atoms with Crippen molar-refractivity contribution in [1.29, 1.82) is 0 Å². The van der Waals surface area contributed by atoms with Crippen LogP contribution in [0.2, 0.25) is 0 Å². The number of ether oxygens (including phenoxy) is 1. The Morgan fingerprint density at radius 1 is 1.43 bits per heavy atom. The molecule has 1 fully saturated rings. The van der Waals surface area contributed by atoms with Gasteiger partial charge < -0.3 is 14.7 Å². The van der Waals surface area contributed by atoms with Crippen molar-refractivity contribution in [2.24, 2.45) is 11.8 Å². The summed E-state index contributed by atoms with van der Waals surface area (Å²) in [5.41, 5.74) is 0. The molecular weight excluding hydrogens is 178 g/mol. The van der Waals surface area contributed by atoms with Crippen molar-refractivity contribution in [2.75, 3.05) is 40.0 Å². The molecule has 0 spiro atoms. The second-order valence-electron chi connectivity index (χ2n) is 4.17. The molecule has 1 N–H and O–H groups in total. The van der Waals surface area contributed by atoms with Crippen LogP contribution in [0.4, 0.5) is 0 Å². The van der Waals surface area contributed by atoms with Crippen molar-refractivity contribution in [1.82, 2.24) is 4.90 Å². The summed E-state index contributed by atoms with van der Waals surface area (Å²) in [6.45, 7) is 6.69. The van der Waals surface area contributed by atoms with Gasteiger partial charge in [0.25, 0.3) is 0 Å². The fraction of sp³-hybridized carbons (Fsp3) is 1.00. The number of piperidine rings is 1. The Bertz CT molecular complexity index is 144. The van der Waals surface area contributed by atoms with E-state index in [1.807, 2.05) is 0 Å². The Labute approximate surface area is 87.1 Å². The van der Waals surface area contributed by atoms with E-state index < -0.39 is 0 Å². The van der Waals surface area contributed by atoms with E-state index >= 15 is 0 Å². The number of aliphatic hydroxyl groups excluding tert-OH is 1. The molecule has 0 amide bonds. The molecule has 1 rings (SSSR count). The monoisotopic (exact) mass is 201 g/mol. The summed E-state index contributed by atoms with van der Waals surface area (Å²) in [4.78, 5) is 2.47. The lowest BCUT2D eigenvalue weighted by Gasteiger charge is -2.34. The van der Waals surface area contributed by atoms with Gasteiger partial charge in [-0.3, -0.25) is 0 Å². The molecule has 84 valence electrons. The molecule has 0 aromatic carbocycles. The van der Waals surface area contributed by atoms with Crippen molar-refractivity contribution < 1.29 is 9.84 Å². The van der Waals surface area contributed by atoms with Crippen molar-refractivity contribution in [2.45, 2.75) is 19.8 Å². The third-order valence-electron chi connectivity index (χ3n) is 3.36. The molecule has 0 aromatic rings. The molecule has 1 saturated heterocycles. The minimum atomic E-state index is 0.268. The van der Waals surface area contributed by atoms with Crippen LogP contribution in [0.5, 0.6) is 0 Å². The van der Waals surface area contributed by atoms with Crippen LogP contribution in [0.3, 0.4) is 0 Å². The van der Waals surface area contributed by atoms with Gasteiger partial charge >= 0.3 is 0 Å². The number of hydrogen-bond donors (Lipinski definition) is 1. The highest BCUT2D eigenvalue weighted by molar-refractivity contribution is 4.76. The fourth-order valence-electron chi connectivity index (χ4n) is 2.29. The smallest absolute Gasteiger partial charge is 0.0515 e. The Morgan fingerprint density at radius 2 is 2.07 bits per heavy atom. The highest BCUT2D eigenvalue weighted by Gasteiger charge is 2.25. The first kappa shape index (κ1) is 12.0. The minimum Gasteiger partial charge on any atom is -0.396 e. The first-order valence-corrected chi connectivity index (χ1v) is 5.64. The molecule has 1 aliphatic rings. The van der Waals surface area contributed by atoms with Crippen LogP contribution in [0.15, 0.2) is 0 Å². The standard InChI is InChI=1S/C11H23NO2/c1-3-12-6-4-10(5-7-12)11(8-13)9-14-2/h10-11,13H,3-9H2,1-2H3. The second kappa shape index (κ2) is 6.38. The zero-order valence-electron chi connectivity index (χ0n) is 9.41. The molecule has 0 aliphatic carbocycles. The Hall–Kier alpha value is -0.120. The van der Waals surface area contributed by atoms with Crippen LogP contribution < -0.4 is 0 Å². The average molecular weight is 201 g/mol. The molecule has 1 heterocycles. The van der Waals surface area contributed by atoms with Crippen LogP contribution in [0, 0.1) is 11.8 Å². The van der Waals surface area contributed by atoms with E-state index in [2.05, 4.69) is 11.8 Å². The van der Waals surface area contributed by atoms with Crippen LogP contribution in [0.1, 0.15) is 19.8 Å². The molecule has 0 radical (unpaired) electrons. The quantitative estimate of drug-likeness (QED) is 0.719. The first-order chi connectivity index (χ1) is 6.81. The van der Waals surface area contributed by atoms with Crippen LogP contribution in [-0.4, -0.2) is 50.0 Å². The maximum absolute atomic E-state index is 9.24. The highest BCUT2D eigenvalue weighted by Crippen LogP contribution is 2.24. The lowest BCUT2D eigenvalue weighted by atomic mass is 9.85. The van der Waals surface area contributed by atoms with E-state index in [1.54, 1.807) is 7.11 Å². The summed E-state index contributed by atoms with van der Waals surface area (Å²) in [7, 11) is 1.71. The molecule has 3 heteroatoms. The van der Waals surface area contributed by atoms with E-state index in [-0.39, 0.29) is 6.61 Å². The number of rotatable bonds is 5. The third kappa shape index (κ3) is 3.23. The van der Waals surface area contributed by atoms with Gasteiger partial charge in [-0.25, -0.2) is 0 Å². The van der Waals surface area contributed by atoms with Crippen molar-refractivity contribution in [3.8, 4) is 0 Å². The van der Waals surface area contributed by atoms with Gasteiger partial charge in [0.1, 0.15) is 0 Å². The van der Waals surface area contributed by atoms with E-state index in [0.717, 1.165) is 6.54 Å². The number of likely N-dealkylation sites (tertiary alicyclic amines) is 1. The maximum Gasteiger partial charge on any atom is 0.0515 e. The maximum atomic E-state index is 9.24. The zero-order valence-corrected chi connectivity index (χ0v) is 9.41. The van der Waals surface area contributed by atoms with Gasteiger partial charge in [-0.1, -0.05) is 6.92 Å². The summed E-state index contributed by atoms with van der Waals surface area (Å²) in [6.07, 6.45) is 2.42. The van der Waals surface area contributed by atoms with Gasteiger partial charge in [0, 0.05) is 19.6 Å². The van der Waals surface area contributed by atoms with E-state index in [0.29, 0.717) is 18.4 Å². The van der Waals surface area contributed by atoms with Gasteiger partial charge in [-0.05, 0) is 38.4 Å². The van der Waals surface area contributed by atoms with Crippen LogP contribution in [0.25, 0.3) is 0 Å². The van der Waals surface area contributed by atoms with Gasteiger partial charge in [0.15, 0.2) is 0 Å². The molecule has 0 bridgehead atoms. The Balaban J connectivity index is 2.31. The van der Waals surface area contributed by atoms with Crippen LogP contribution >= 0.6 is 0 Å². The van der Waals surface area contributed by atoms with E-state index in [1.165, 1.54) is 25.9 Å². The Kier molecular flexibility index (Phi) is 5.45. The van der Waals surface area contributed by atoms with Gasteiger partial charge in [-0.2, -0.15) is 0 Å². The number of hydrogen-bond acceptors (Lipinski definition) is 3. The van der Waals surface area contributed by atoms with Crippen molar-refractivity contribution in [3.05, 3.63) is 0 Å². The first-order valence-electron chi connectivity index (χ1n) is 5.64. The number of nitrogens with zero attached hydrogens (tertiary/aromatic N) is 1. The second-order valence-corrected chi connectivity index (χ2v) is 4.17. The predicted octanol–water partition coefficient (Wildman–Crippen LogP) is 0.973. The van der Waals surface area contributed by atoms with Crippen molar-refractivity contribution >= 4 is 0 Å². The van der Waals surface area contributed by atoms with Gasteiger partial charge in [-0.15, -0.1) is 0 Å². The lowest BCUT2D eigenvalue weighted by molar-refractivity contribution is 0.0481. The molecule has 1 atom stereocenters. The zero-order chi connectivity index (χ0) is 10.4. The highest BCUT2D eigenvalue weighted by atomic mass is 16.5. The summed E-state index contributed by atoms with van der Waals surface area (Å²) in [5, 5.41) is 9.24. The predicted molar refractivity (Wildman–Crippen MR) is 57.3 cm³/mol. The fourth-order valence-corrected chi connectivity index (χ4v) is 2.29. The van der Waals surface area contributed by atoms with Gasteiger partial charge in [0.05, 0.1) is 6.61 Å². The summed E-state index contributed by atoms with van der Waals surface area (Å²) in [6, 6.07) is 0. The molecule has 3 nitrogen and oxygen atoms in total. The summed E-state index contributed by atoms with van der Waals surface area (Å²) >= 11 is 0. The average Bonchev–Trinajstić information content (AvgIpc) is 2.26. The SMILES string of the molecule is CCN1CCC(C(CO)COC)CC1. The number of methoxy groups -OCH3 is 1. The van der Waals surface area contributed by atoms with E-state index in [4.69, 9.17) is 4.74 Å². The number of aliphatic hydroxyl groups is 1. The molecule has 0 saturated carbocycles. The Morgan fingerprint density at radius 3 is 2.50 bits per heavy atom. The molecule has 14 heavy (non-hydrogen) atoms. The summed E-state index contributed by atoms with van der Waals surface area (Å²) < 4.78 is 5.13. The molecule has 1 aliphatic heterocycles. The topological polar surface area (TPSA) is 32.7 Å².